The summed E-state index contributed by atoms with van der Waals surface area (Å²) >= 11 is 0. The molecule has 814 valence electrons. The van der Waals surface area contributed by atoms with E-state index in [9.17, 15) is 87.2 Å². The lowest BCUT2D eigenvalue weighted by Crippen LogP contribution is -2.62. The van der Waals surface area contributed by atoms with Crippen LogP contribution >= 0.6 is 43.2 Å². The number of benzene rings is 4. The number of hydrogen-bond acceptors (Lipinski definition) is 29. The zero-order valence-corrected chi connectivity index (χ0v) is 87.3. The Hall–Kier alpha value is -14.6. The van der Waals surface area contributed by atoms with Crippen molar-refractivity contribution in [3.8, 4) is 5.75 Å². The summed E-state index contributed by atoms with van der Waals surface area (Å²) in [7, 11) is 2.72. The van der Waals surface area contributed by atoms with Crippen molar-refractivity contribution < 1.29 is 126 Å². The first-order chi connectivity index (χ1) is 71.2. The van der Waals surface area contributed by atoms with Gasteiger partial charge in [0.2, 0.25) is 130 Å². The van der Waals surface area contributed by atoms with Gasteiger partial charge in [0.05, 0.1) is 45.6 Å². The number of para-hydroxylation sites is 1. The van der Waals surface area contributed by atoms with E-state index in [0.29, 0.717) is 54.7 Å². The molecule has 3 aliphatic heterocycles. The van der Waals surface area contributed by atoms with Gasteiger partial charge in [0.15, 0.2) is 0 Å². The number of carboxylic acid groups (broad SMARTS) is 1. The SMILES string of the molecule is CC[C@H](C)[C@@H]1NC(=O)[C@H](C)NC(=O)[C@H](Cc2ccc(O)cc2)NC(=O)CNC(=O)[C@@H]2CSSC[C@@H]3NC(=O)C[C@H](NC(=O)[C@H](CC(N)=O)NC(=O)[C@H](CSSC[C@@H](C(=O)N[C@@H](Cc4ccccc4)C(=O)N[C@@H](Cc4c[nH]c5ccccc45)C(=O)O)NC(=O)[C@H](C(C)C)NC1=O)NC(=O)[C@H](CO)NC(=O)CNC(=O)C(C(C)C)NC(=O)CNC(=O)[C@H](CC(C)C)NC3=O)C(=O)N[C@@H](Cc1ccccc1)C(=O)N[C@@H](C)C(=O)NCC(=O)N2. The van der Waals surface area contributed by atoms with Gasteiger partial charge in [0.1, 0.15) is 108 Å². The van der Waals surface area contributed by atoms with E-state index in [1.807, 2.05) is 0 Å². The van der Waals surface area contributed by atoms with E-state index in [-0.39, 0.29) is 37.9 Å². The Bertz CT molecular complexity index is 5670. The molecule has 4 bridgehead atoms. The minimum Gasteiger partial charge on any atom is -0.508 e. The molecule has 0 spiro atoms. The van der Waals surface area contributed by atoms with E-state index in [0.717, 1.165) is 21.6 Å². The van der Waals surface area contributed by atoms with Crippen LogP contribution in [0.2, 0.25) is 0 Å². The van der Waals surface area contributed by atoms with Crippen molar-refractivity contribution in [3.05, 3.63) is 138 Å². The maximum atomic E-state index is 15.6. The van der Waals surface area contributed by atoms with Crippen molar-refractivity contribution in [1.29, 1.82) is 0 Å². The van der Waals surface area contributed by atoms with Gasteiger partial charge >= 0.3 is 5.97 Å². The quantitative estimate of drug-likeness (QED) is 0.0287. The molecule has 4 aromatic carbocycles. The molecule has 3 saturated heterocycles. The summed E-state index contributed by atoms with van der Waals surface area (Å²) in [4.78, 5) is 339. The van der Waals surface area contributed by atoms with Crippen LogP contribution in [0.3, 0.4) is 0 Å². The Balaban J connectivity index is 1.31. The molecule has 5 aromatic rings. The van der Waals surface area contributed by atoms with Crippen molar-refractivity contribution in [2.45, 2.75) is 223 Å². The Morgan fingerprint density at radius 3 is 1.42 bits per heavy atom. The van der Waals surface area contributed by atoms with E-state index in [4.69, 9.17) is 5.73 Å². The summed E-state index contributed by atoms with van der Waals surface area (Å²) in [5.74, 6) is -32.8. The third kappa shape index (κ3) is 38.8. The largest absolute Gasteiger partial charge is 0.508 e. The van der Waals surface area contributed by atoms with Crippen molar-refractivity contribution >= 4 is 190 Å². The zero-order valence-electron chi connectivity index (χ0n) is 84.1. The van der Waals surface area contributed by atoms with Gasteiger partial charge < -0.3 is 138 Å². The van der Waals surface area contributed by atoms with Gasteiger partial charge in [-0.2, -0.15) is 0 Å². The lowest BCUT2D eigenvalue weighted by molar-refractivity contribution is -0.142. The van der Waals surface area contributed by atoms with Crippen molar-refractivity contribution in [1.82, 2.24) is 117 Å². The van der Waals surface area contributed by atoms with Crippen LogP contribution < -0.4 is 117 Å². The number of aromatic nitrogens is 1. The molecule has 53 heteroatoms. The molecule has 4 heterocycles. The number of aromatic hydroxyl groups is 1. The lowest BCUT2D eigenvalue weighted by Gasteiger charge is -2.30. The number of aromatic amines is 1. The first-order valence-electron chi connectivity index (χ1n) is 48.4. The Kier molecular flexibility index (Phi) is 47.9. The number of carbonyl (C=O) groups is 23. The van der Waals surface area contributed by atoms with Gasteiger partial charge in [-0.3, -0.25) is 105 Å². The van der Waals surface area contributed by atoms with E-state index in [1.165, 1.54) is 77.9 Å². The topological polar surface area (TPSA) is 748 Å². The molecule has 0 aliphatic carbocycles. The van der Waals surface area contributed by atoms with Crippen molar-refractivity contribution in [3.63, 3.8) is 0 Å². The van der Waals surface area contributed by atoms with Crippen LogP contribution in [0.25, 0.3) is 10.9 Å². The molecule has 1 unspecified atom stereocenters. The highest BCUT2D eigenvalue weighted by atomic mass is 33.1. The Morgan fingerprint density at radius 1 is 0.400 bits per heavy atom. The molecular formula is C97H131N23O26S4. The van der Waals surface area contributed by atoms with Gasteiger partial charge in [0.25, 0.3) is 0 Å². The average Bonchev–Trinajstić information content (AvgIpc) is 1.63. The number of fused-ring (bicyclic) bond motifs is 10. The monoisotopic (exact) mass is 2160 g/mol. The van der Waals surface area contributed by atoms with Gasteiger partial charge in [-0.1, -0.05) is 196 Å². The summed E-state index contributed by atoms with van der Waals surface area (Å²) in [6.07, 6.45) is -2.37. The van der Waals surface area contributed by atoms with E-state index in [2.05, 4.69) is 117 Å². The van der Waals surface area contributed by atoms with Gasteiger partial charge in [0, 0.05) is 65.8 Å². The Morgan fingerprint density at radius 2 is 0.847 bits per heavy atom. The third-order valence-electron chi connectivity index (χ3n) is 24.0. The molecule has 27 N–H and O–H groups in total. The second-order valence-electron chi connectivity index (χ2n) is 37.2. The van der Waals surface area contributed by atoms with Crippen LogP contribution in [0.1, 0.15) is 117 Å². The fourth-order valence-electron chi connectivity index (χ4n) is 15.4. The molecule has 1 aromatic heterocycles. The summed E-state index contributed by atoms with van der Waals surface area (Å²) in [5, 5.41) is 84.2. The lowest BCUT2D eigenvalue weighted by atomic mass is 9.96. The number of rotatable bonds is 22. The molecule has 8 rings (SSSR count). The van der Waals surface area contributed by atoms with E-state index < -0.39 is 337 Å². The van der Waals surface area contributed by atoms with Crippen LogP contribution in [0.4, 0.5) is 0 Å². The Labute approximate surface area is 879 Å². The molecule has 49 nitrogen and oxygen atoms in total. The number of carboxylic acids is 1. The number of aliphatic hydroxyl groups excluding tert-OH is 1. The number of nitrogens with two attached hydrogens (primary N) is 1. The second kappa shape index (κ2) is 59.5. The fourth-order valence-corrected chi connectivity index (χ4v) is 20.1. The molecule has 150 heavy (non-hydrogen) atoms. The molecule has 18 atom stereocenters. The number of aliphatic carboxylic acids is 1. The average molecular weight is 2160 g/mol. The number of aliphatic hydroxyl groups is 1. The van der Waals surface area contributed by atoms with Crippen LogP contribution in [-0.2, 0) is 136 Å². The summed E-state index contributed by atoms with van der Waals surface area (Å²) in [5.41, 5.74) is 8.02. The van der Waals surface area contributed by atoms with Crippen LogP contribution in [-0.4, -0.2) is 315 Å². The predicted octanol–water partition coefficient (Wildman–Crippen LogP) is -5.56. The van der Waals surface area contributed by atoms with Crippen molar-refractivity contribution in [2.75, 3.05) is 55.8 Å². The molecule has 3 aliphatic rings. The van der Waals surface area contributed by atoms with Crippen LogP contribution in [0.5, 0.6) is 5.75 Å². The number of carbonyl (C=O) groups excluding carboxylic acids is 22. The number of nitrogens with one attached hydrogen (secondary N) is 22. The maximum absolute atomic E-state index is 15.6. The zero-order chi connectivity index (χ0) is 110. The molecule has 22 amide bonds. The van der Waals surface area contributed by atoms with Crippen LogP contribution in [0, 0.1) is 23.7 Å². The third-order valence-corrected chi connectivity index (χ3v) is 28.8. The molecular weight excluding hydrogens is 2030 g/mol. The standard InChI is InChI=1S/C97H131N23O26S4/c1-11-50(8)80-96(144)119-79(49(6)7)95(143)117-71(93(141)112-63(32-54-22-16-13-17-23-54)87(135)115-66(97(145)146)34-56-37-99-59-25-19-18-24-58(56)59)46-150-149-45-70-92(140)113-64(35-72(98)123)88(136)114-65-36-73(124)108-69(91(139)110-60(30-47(2)3)83(131)101-41-77(128)118-78(48(4)5)94(142)103-40-75(126)107-67(42-121)90(138)116-70)44-148-147-43-68(109-76(127)38-100-81(129)51(9)104-86(134)62(111-89(65)137)31-53-20-14-12-15-21-53)84(132)102-39-74(125)106-61(33-55-26-28-57(122)29-27-55)85(133)105-52(10)82(130)120-80/h12-29,37,47-52,60-71,78-80,99,121-122H,11,30-36,38-46H2,1-10H3,(H2,98,123)(H,100,129)(H,101,131)(H,102,132)(H,103,142)(H,104,134)(H,105,133)(H,106,125)(H,107,126)(H,108,124)(H,109,127)(H,110,139)(H,111,137)(H,112,141)(H,113,140)(H,114,136)(H,115,135)(H,116,138)(H,117,143)(H,118,128)(H,119,144)(H,120,130)(H,145,146)/t50-,51-,52-,60-,61-,62-,63-,64-,65-,66-,67-,68-,69-,70-,71-,78?,79-,80-/m0/s1. The second-order valence-corrected chi connectivity index (χ2v) is 42.3. The summed E-state index contributed by atoms with van der Waals surface area (Å²) in [6.45, 7) is 9.93. The minimum absolute atomic E-state index is 0.170. The number of amides is 22. The number of primary amides is 1. The summed E-state index contributed by atoms with van der Waals surface area (Å²) < 4.78 is 0. The number of phenolic OH excluding ortho intramolecular Hbond substituents is 1. The molecule has 3 fully saturated rings. The normalized spacial score (nSPS) is 24.8. The fraction of sp³-hybridized carbons (Fsp3) is 0.495. The van der Waals surface area contributed by atoms with Gasteiger partial charge in [-0.25, -0.2) is 4.79 Å². The highest BCUT2D eigenvalue weighted by Crippen LogP contribution is 2.28. The van der Waals surface area contributed by atoms with E-state index >= 15 is 38.4 Å². The number of phenols is 1. The smallest absolute Gasteiger partial charge is 0.326 e. The maximum Gasteiger partial charge on any atom is 0.326 e. The first-order valence-corrected chi connectivity index (χ1v) is 53.4. The number of hydrogen-bond donors (Lipinski definition) is 26. The minimum atomic E-state index is -2.32. The highest BCUT2D eigenvalue weighted by Gasteiger charge is 2.42. The van der Waals surface area contributed by atoms with Crippen LogP contribution in [0.15, 0.2) is 115 Å². The number of H-pyrrole nitrogens is 1. The predicted molar refractivity (Wildman–Crippen MR) is 552 cm³/mol. The highest BCUT2D eigenvalue weighted by molar-refractivity contribution is 8.77. The van der Waals surface area contributed by atoms with E-state index in [1.54, 1.807) is 107 Å². The van der Waals surface area contributed by atoms with Crippen molar-refractivity contribution in [2.24, 2.45) is 29.4 Å². The molecule has 0 radical (unpaired) electrons. The van der Waals surface area contributed by atoms with Gasteiger partial charge in [-0.05, 0) is 84.4 Å². The van der Waals surface area contributed by atoms with Gasteiger partial charge in [-0.15, -0.1) is 0 Å². The summed E-state index contributed by atoms with van der Waals surface area (Å²) in [6, 6.07) is -2.34. The molecule has 0 saturated carbocycles. The first kappa shape index (κ1) is 121.